The second kappa shape index (κ2) is 7.16. The fourth-order valence-corrected chi connectivity index (χ4v) is 1.67. The Morgan fingerprint density at radius 3 is 2.57 bits per heavy atom. The number of carboxylic acid groups (broad SMARTS) is 1. The molecular formula is C13H23N5O3. The molecule has 0 aromatic carbocycles. The van der Waals surface area contributed by atoms with Crippen LogP contribution < -0.4 is 11.1 Å². The molecule has 8 nitrogen and oxygen atoms in total. The smallest absolute Gasteiger partial charge is 0.344 e. The van der Waals surface area contributed by atoms with E-state index in [-0.39, 0.29) is 5.41 Å². The average molecular weight is 297 g/mol. The number of aromatic nitrogens is 3. The maximum atomic E-state index is 12.0. The summed E-state index contributed by atoms with van der Waals surface area (Å²) in [5, 5.41) is 19.2. The fourth-order valence-electron chi connectivity index (χ4n) is 1.67. The number of carbonyl (C=O) groups excluding carboxylic acids is 1. The van der Waals surface area contributed by atoms with E-state index in [2.05, 4.69) is 15.6 Å². The molecule has 0 aliphatic heterocycles. The molecular weight excluding hydrogens is 274 g/mol. The van der Waals surface area contributed by atoms with Gasteiger partial charge in [-0.15, -0.1) is 5.10 Å². The van der Waals surface area contributed by atoms with E-state index in [0.717, 1.165) is 11.1 Å². The van der Waals surface area contributed by atoms with Gasteiger partial charge in [0.05, 0.1) is 11.9 Å². The number of hydrogen-bond acceptors (Lipinski definition) is 5. The molecule has 0 aliphatic rings. The number of nitrogens with one attached hydrogen (secondary N) is 1. The number of nitrogens with two attached hydrogens (primary N) is 1. The van der Waals surface area contributed by atoms with E-state index in [1.54, 1.807) is 0 Å². The van der Waals surface area contributed by atoms with Crippen molar-refractivity contribution in [3.63, 3.8) is 0 Å². The van der Waals surface area contributed by atoms with Crippen molar-refractivity contribution >= 4 is 12.0 Å². The first kappa shape index (κ1) is 17.1. The minimum Gasteiger partial charge on any atom is -0.480 e. The third-order valence-electron chi connectivity index (χ3n) is 3.01. The van der Waals surface area contributed by atoms with Gasteiger partial charge in [0.2, 0.25) is 0 Å². The van der Waals surface area contributed by atoms with Crippen LogP contribution in [0.5, 0.6) is 0 Å². The average Bonchev–Trinajstić information content (AvgIpc) is 2.86. The zero-order valence-corrected chi connectivity index (χ0v) is 12.7. The molecule has 0 saturated heterocycles. The Morgan fingerprint density at radius 2 is 2.10 bits per heavy atom. The van der Waals surface area contributed by atoms with Gasteiger partial charge in [0.1, 0.15) is 6.04 Å². The summed E-state index contributed by atoms with van der Waals surface area (Å²) >= 11 is 0. The van der Waals surface area contributed by atoms with Crippen molar-refractivity contribution in [2.75, 3.05) is 6.54 Å². The van der Waals surface area contributed by atoms with Crippen molar-refractivity contribution in [3.05, 3.63) is 11.9 Å². The highest BCUT2D eigenvalue weighted by Crippen LogP contribution is 2.18. The quantitative estimate of drug-likeness (QED) is 0.665. The Kier molecular flexibility index (Phi) is 5.83. The van der Waals surface area contributed by atoms with E-state index in [0.29, 0.717) is 25.1 Å². The topological polar surface area (TPSA) is 123 Å². The standard InChI is InChI=1S/C13H23N5O3/c1-13(2,3)10-8-18(17-16-10)12(21)15-9(11(19)20)6-4-5-7-14/h8-9H,4-7,14H2,1-3H3,(H,15,21)(H,19,20)/t9-/m0/s1. The molecule has 4 N–H and O–H groups in total. The van der Waals surface area contributed by atoms with Crippen LogP contribution >= 0.6 is 0 Å². The molecule has 0 unspecified atom stereocenters. The van der Waals surface area contributed by atoms with Gasteiger partial charge in [0.15, 0.2) is 0 Å². The van der Waals surface area contributed by atoms with E-state index in [9.17, 15) is 9.59 Å². The lowest BCUT2D eigenvalue weighted by molar-refractivity contribution is -0.139. The highest BCUT2D eigenvalue weighted by molar-refractivity contribution is 5.83. The fraction of sp³-hybridized carbons (Fsp3) is 0.692. The molecule has 0 fully saturated rings. The van der Waals surface area contributed by atoms with Crippen LogP contribution in [-0.2, 0) is 10.2 Å². The first-order chi connectivity index (χ1) is 9.75. The van der Waals surface area contributed by atoms with E-state index in [1.165, 1.54) is 6.20 Å². The van der Waals surface area contributed by atoms with E-state index in [4.69, 9.17) is 10.8 Å². The summed E-state index contributed by atoms with van der Waals surface area (Å²) in [5.74, 6) is -1.07. The zero-order valence-electron chi connectivity index (χ0n) is 12.7. The number of carbonyl (C=O) groups is 2. The van der Waals surface area contributed by atoms with Gasteiger partial charge in [-0.25, -0.2) is 9.59 Å². The first-order valence-electron chi connectivity index (χ1n) is 6.92. The predicted octanol–water partition coefficient (Wildman–Crippen LogP) is 0.716. The number of aliphatic carboxylic acids is 1. The van der Waals surface area contributed by atoms with Crippen LogP contribution in [0.2, 0.25) is 0 Å². The molecule has 0 bridgehead atoms. The molecule has 1 atom stereocenters. The summed E-state index contributed by atoms with van der Waals surface area (Å²) in [4.78, 5) is 23.1. The molecule has 1 aromatic rings. The lowest BCUT2D eigenvalue weighted by atomic mass is 9.93. The van der Waals surface area contributed by atoms with Crippen LogP contribution in [0.25, 0.3) is 0 Å². The third-order valence-corrected chi connectivity index (χ3v) is 3.01. The Morgan fingerprint density at radius 1 is 1.43 bits per heavy atom. The Balaban J connectivity index is 2.69. The van der Waals surface area contributed by atoms with Crippen molar-refractivity contribution in [2.24, 2.45) is 5.73 Å². The molecule has 1 heterocycles. The summed E-state index contributed by atoms with van der Waals surface area (Å²) in [7, 11) is 0. The van der Waals surface area contributed by atoms with Crippen molar-refractivity contribution in [1.82, 2.24) is 20.3 Å². The highest BCUT2D eigenvalue weighted by Gasteiger charge is 2.23. The molecule has 0 aliphatic carbocycles. The molecule has 0 spiro atoms. The van der Waals surface area contributed by atoms with Gasteiger partial charge >= 0.3 is 12.0 Å². The minimum absolute atomic E-state index is 0.230. The van der Waals surface area contributed by atoms with Gasteiger partial charge in [-0.1, -0.05) is 26.0 Å². The lowest BCUT2D eigenvalue weighted by Crippen LogP contribution is -2.43. The SMILES string of the molecule is CC(C)(C)c1cn(C(=O)N[C@@H](CCCCN)C(=O)O)nn1. The van der Waals surface area contributed by atoms with Crippen LogP contribution in [0.1, 0.15) is 45.7 Å². The summed E-state index contributed by atoms with van der Waals surface area (Å²) in [6.07, 6.45) is 3.20. The summed E-state index contributed by atoms with van der Waals surface area (Å²) in [6, 6.07) is -1.55. The molecule has 8 heteroatoms. The largest absolute Gasteiger partial charge is 0.480 e. The third kappa shape index (κ3) is 5.14. The van der Waals surface area contributed by atoms with Crippen LogP contribution in [0, 0.1) is 0 Å². The van der Waals surface area contributed by atoms with E-state index in [1.807, 2.05) is 20.8 Å². The van der Waals surface area contributed by atoms with Gasteiger partial charge in [-0.05, 0) is 25.8 Å². The van der Waals surface area contributed by atoms with Crippen molar-refractivity contribution in [3.8, 4) is 0 Å². The predicted molar refractivity (Wildman–Crippen MR) is 77.0 cm³/mol. The number of nitrogens with zero attached hydrogens (tertiary/aromatic N) is 3. The highest BCUT2D eigenvalue weighted by atomic mass is 16.4. The number of amides is 1. The Bertz CT molecular complexity index is 492. The lowest BCUT2D eigenvalue weighted by Gasteiger charge is -2.14. The Labute approximate surface area is 123 Å². The summed E-state index contributed by atoms with van der Waals surface area (Å²) in [6.45, 7) is 6.35. The van der Waals surface area contributed by atoms with Crippen molar-refractivity contribution < 1.29 is 14.7 Å². The van der Waals surface area contributed by atoms with E-state index < -0.39 is 18.0 Å². The normalized spacial score (nSPS) is 13.0. The van der Waals surface area contributed by atoms with E-state index >= 15 is 0 Å². The molecule has 0 saturated carbocycles. The van der Waals surface area contributed by atoms with Gasteiger partial charge in [0, 0.05) is 5.41 Å². The molecule has 1 amide bonds. The van der Waals surface area contributed by atoms with Gasteiger partial charge in [0.25, 0.3) is 0 Å². The maximum absolute atomic E-state index is 12.0. The van der Waals surface area contributed by atoms with Crippen LogP contribution in [-0.4, -0.2) is 44.7 Å². The number of carboxylic acids is 1. The van der Waals surface area contributed by atoms with Crippen molar-refractivity contribution in [2.45, 2.75) is 51.5 Å². The second-order valence-electron chi connectivity index (χ2n) is 5.92. The van der Waals surface area contributed by atoms with Crippen LogP contribution in [0.4, 0.5) is 4.79 Å². The number of unbranched alkanes of at least 4 members (excludes halogenated alkanes) is 1. The zero-order chi connectivity index (χ0) is 16.0. The molecule has 0 radical (unpaired) electrons. The second-order valence-corrected chi connectivity index (χ2v) is 5.92. The molecule has 1 aromatic heterocycles. The van der Waals surface area contributed by atoms with Crippen LogP contribution in [0.15, 0.2) is 6.20 Å². The number of hydrogen-bond donors (Lipinski definition) is 3. The minimum atomic E-state index is -1.07. The molecule has 21 heavy (non-hydrogen) atoms. The van der Waals surface area contributed by atoms with Gasteiger partial charge < -0.3 is 16.2 Å². The van der Waals surface area contributed by atoms with Gasteiger partial charge in [-0.3, -0.25) is 0 Å². The maximum Gasteiger partial charge on any atom is 0.344 e. The first-order valence-corrected chi connectivity index (χ1v) is 6.92. The van der Waals surface area contributed by atoms with Gasteiger partial charge in [-0.2, -0.15) is 4.68 Å². The monoisotopic (exact) mass is 297 g/mol. The van der Waals surface area contributed by atoms with Crippen LogP contribution in [0.3, 0.4) is 0 Å². The molecule has 118 valence electrons. The Hall–Kier alpha value is -1.96. The number of rotatable bonds is 6. The molecule has 1 rings (SSSR count). The summed E-state index contributed by atoms with van der Waals surface area (Å²) in [5.41, 5.74) is 5.80. The summed E-state index contributed by atoms with van der Waals surface area (Å²) < 4.78 is 1.03. The van der Waals surface area contributed by atoms with Crippen molar-refractivity contribution in [1.29, 1.82) is 0 Å².